The van der Waals surface area contributed by atoms with Crippen molar-refractivity contribution in [1.29, 1.82) is 0 Å². The minimum absolute atomic E-state index is 0.0400. The quantitative estimate of drug-likeness (QED) is 0.916. The Hall–Kier alpha value is -2.20. The Balaban J connectivity index is 1.48. The van der Waals surface area contributed by atoms with Crippen LogP contribution in [0.25, 0.3) is 0 Å². The predicted octanol–water partition coefficient (Wildman–Crippen LogP) is 2.62. The zero-order valence-electron chi connectivity index (χ0n) is 12.0. The average Bonchev–Trinajstić information content (AvgIpc) is 2.55. The van der Waals surface area contributed by atoms with Gasteiger partial charge < -0.3 is 19.5 Å². The van der Waals surface area contributed by atoms with Gasteiger partial charge in [0.25, 0.3) is 0 Å². The highest BCUT2D eigenvalue weighted by atomic mass is 16.6. The van der Waals surface area contributed by atoms with Crippen molar-refractivity contribution in [3.05, 3.63) is 54.1 Å². The number of rotatable bonds is 5. The molecule has 4 heteroatoms. The average molecular weight is 285 g/mol. The van der Waals surface area contributed by atoms with Crippen LogP contribution in [-0.2, 0) is 6.54 Å². The Morgan fingerprint density at radius 1 is 1.10 bits per heavy atom. The van der Waals surface area contributed by atoms with E-state index in [0.29, 0.717) is 6.61 Å². The molecular formula is C17H19NO3. The standard InChI is InChI=1S/C17H19NO3/c1-19-14-8-6-13(7-9-14)10-18-11-15-12-20-16-4-2-3-5-17(16)21-15/h2-9,15,18H,10-12H2,1H3/t15-/m1/s1. The van der Waals surface area contributed by atoms with E-state index in [1.165, 1.54) is 5.56 Å². The molecule has 0 saturated carbocycles. The van der Waals surface area contributed by atoms with Gasteiger partial charge in [-0.3, -0.25) is 0 Å². The summed E-state index contributed by atoms with van der Waals surface area (Å²) in [6.45, 7) is 2.12. The van der Waals surface area contributed by atoms with E-state index in [-0.39, 0.29) is 6.10 Å². The van der Waals surface area contributed by atoms with Gasteiger partial charge in [0, 0.05) is 13.1 Å². The Labute approximate surface area is 124 Å². The lowest BCUT2D eigenvalue weighted by molar-refractivity contribution is 0.0902. The zero-order chi connectivity index (χ0) is 14.5. The lowest BCUT2D eigenvalue weighted by Gasteiger charge is -2.26. The Kier molecular flexibility index (Phi) is 4.26. The van der Waals surface area contributed by atoms with Gasteiger partial charge in [-0.2, -0.15) is 0 Å². The van der Waals surface area contributed by atoms with Gasteiger partial charge in [-0.15, -0.1) is 0 Å². The van der Waals surface area contributed by atoms with E-state index in [9.17, 15) is 0 Å². The predicted molar refractivity (Wildman–Crippen MR) is 81.1 cm³/mol. The molecule has 0 aromatic heterocycles. The highest BCUT2D eigenvalue weighted by Gasteiger charge is 2.19. The third-order valence-electron chi connectivity index (χ3n) is 3.43. The van der Waals surface area contributed by atoms with Crippen molar-refractivity contribution >= 4 is 0 Å². The lowest BCUT2D eigenvalue weighted by Crippen LogP contribution is -2.38. The van der Waals surface area contributed by atoms with Crippen molar-refractivity contribution in [3.63, 3.8) is 0 Å². The first-order chi connectivity index (χ1) is 10.3. The van der Waals surface area contributed by atoms with Gasteiger partial charge in [0.1, 0.15) is 18.5 Å². The molecule has 0 fully saturated rings. The summed E-state index contributed by atoms with van der Waals surface area (Å²) in [5.41, 5.74) is 1.22. The normalized spacial score (nSPS) is 16.5. The van der Waals surface area contributed by atoms with Crippen LogP contribution in [0.1, 0.15) is 5.56 Å². The number of hydrogen-bond acceptors (Lipinski definition) is 4. The van der Waals surface area contributed by atoms with Crippen LogP contribution in [0.5, 0.6) is 17.2 Å². The Morgan fingerprint density at radius 2 is 1.86 bits per heavy atom. The highest BCUT2D eigenvalue weighted by molar-refractivity contribution is 5.40. The van der Waals surface area contributed by atoms with Gasteiger partial charge in [-0.25, -0.2) is 0 Å². The minimum Gasteiger partial charge on any atom is -0.497 e. The first-order valence-electron chi connectivity index (χ1n) is 7.07. The maximum absolute atomic E-state index is 5.90. The molecule has 0 spiro atoms. The molecule has 1 atom stereocenters. The third-order valence-corrected chi connectivity index (χ3v) is 3.43. The van der Waals surface area contributed by atoms with Crippen molar-refractivity contribution in [1.82, 2.24) is 5.32 Å². The van der Waals surface area contributed by atoms with Crippen LogP contribution in [-0.4, -0.2) is 26.4 Å². The molecule has 0 aliphatic carbocycles. The summed E-state index contributed by atoms with van der Waals surface area (Å²) in [5.74, 6) is 2.52. The van der Waals surface area contributed by atoms with Gasteiger partial charge in [-0.1, -0.05) is 24.3 Å². The molecule has 1 N–H and O–H groups in total. The van der Waals surface area contributed by atoms with Crippen LogP contribution in [0.4, 0.5) is 0 Å². The summed E-state index contributed by atoms with van der Waals surface area (Å²) in [6.07, 6.45) is 0.0400. The second-order valence-electron chi connectivity index (χ2n) is 4.98. The molecule has 21 heavy (non-hydrogen) atoms. The topological polar surface area (TPSA) is 39.7 Å². The van der Waals surface area contributed by atoms with Crippen LogP contribution >= 0.6 is 0 Å². The number of fused-ring (bicyclic) bond motifs is 1. The number of benzene rings is 2. The summed E-state index contributed by atoms with van der Waals surface area (Å²) < 4.78 is 16.7. The number of methoxy groups -OCH3 is 1. The zero-order valence-corrected chi connectivity index (χ0v) is 12.0. The summed E-state index contributed by atoms with van der Waals surface area (Å²) in [6, 6.07) is 15.8. The molecule has 0 bridgehead atoms. The van der Waals surface area contributed by atoms with Crippen molar-refractivity contribution in [2.45, 2.75) is 12.6 Å². The first kappa shape index (κ1) is 13.8. The number of ether oxygens (including phenoxy) is 3. The van der Waals surface area contributed by atoms with Crippen molar-refractivity contribution in [2.24, 2.45) is 0 Å². The van der Waals surface area contributed by atoms with Crippen LogP contribution in [0.3, 0.4) is 0 Å². The van der Waals surface area contributed by atoms with Crippen LogP contribution in [0.15, 0.2) is 48.5 Å². The number of hydrogen-bond donors (Lipinski definition) is 1. The fourth-order valence-electron chi connectivity index (χ4n) is 2.28. The second-order valence-corrected chi connectivity index (χ2v) is 4.98. The maximum atomic E-state index is 5.90. The summed E-state index contributed by atoms with van der Waals surface area (Å²) in [5, 5.41) is 3.39. The van der Waals surface area contributed by atoms with E-state index >= 15 is 0 Å². The van der Waals surface area contributed by atoms with Gasteiger partial charge in [-0.05, 0) is 29.8 Å². The fourth-order valence-corrected chi connectivity index (χ4v) is 2.28. The molecule has 3 rings (SSSR count). The minimum atomic E-state index is 0.0400. The molecular weight excluding hydrogens is 266 g/mol. The van der Waals surface area contributed by atoms with Crippen LogP contribution < -0.4 is 19.5 Å². The highest BCUT2D eigenvalue weighted by Crippen LogP contribution is 2.30. The Morgan fingerprint density at radius 3 is 2.62 bits per heavy atom. The summed E-state index contributed by atoms with van der Waals surface area (Å²) >= 11 is 0. The summed E-state index contributed by atoms with van der Waals surface area (Å²) in [4.78, 5) is 0. The first-order valence-corrected chi connectivity index (χ1v) is 7.07. The molecule has 0 saturated heterocycles. The lowest BCUT2D eigenvalue weighted by atomic mass is 10.2. The molecule has 1 aliphatic rings. The largest absolute Gasteiger partial charge is 0.497 e. The van der Waals surface area contributed by atoms with Gasteiger partial charge in [0.05, 0.1) is 7.11 Å². The number of para-hydroxylation sites is 2. The van der Waals surface area contributed by atoms with E-state index in [1.54, 1.807) is 7.11 Å². The van der Waals surface area contributed by atoms with Gasteiger partial charge >= 0.3 is 0 Å². The molecule has 0 unspecified atom stereocenters. The molecule has 1 heterocycles. The van der Waals surface area contributed by atoms with Crippen LogP contribution in [0.2, 0.25) is 0 Å². The summed E-state index contributed by atoms with van der Waals surface area (Å²) in [7, 11) is 1.67. The Bertz CT molecular complexity index is 583. The SMILES string of the molecule is COc1ccc(CNC[C@@H]2COc3ccccc3O2)cc1. The molecule has 4 nitrogen and oxygen atoms in total. The molecule has 0 radical (unpaired) electrons. The van der Waals surface area contributed by atoms with E-state index in [4.69, 9.17) is 14.2 Å². The molecule has 110 valence electrons. The van der Waals surface area contributed by atoms with Gasteiger partial charge in [0.15, 0.2) is 11.5 Å². The monoisotopic (exact) mass is 285 g/mol. The van der Waals surface area contributed by atoms with Crippen molar-refractivity contribution in [3.8, 4) is 17.2 Å². The molecule has 0 amide bonds. The third kappa shape index (κ3) is 3.47. The van der Waals surface area contributed by atoms with E-state index in [0.717, 1.165) is 30.3 Å². The molecule has 2 aromatic carbocycles. The number of nitrogens with one attached hydrogen (secondary N) is 1. The maximum Gasteiger partial charge on any atom is 0.161 e. The molecule has 1 aliphatic heterocycles. The van der Waals surface area contributed by atoms with E-state index in [1.807, 2.05) is 36.4 Å². The van der Waals surface area contributed by atoms with Crippen molar-refractivity contribution < 1.29 is 14.2 Å². The fraction of sp³-hybridized carbons (Fsp3) is 0.294. The van der Waals surface area contributed by atoms with Crippen LogP contribution in [0, 0.1) is 0 Å². The molecule has 2 aromatic rings. The van der Waals surface area contributed by atoms with Crippen molar-refractivity contribution in [2.75, 3.05) is 20.3 Å². The van der Waals surface area contributed by atoms with E-state index < -0.39 is 0 Å². The van der Waals surface area contributed by atoms with E-state index in [2.05, 4.69) is 17.4 Å². The second kappa shape index (κ2) is 6.50. The smallest absolute Gasteiger partial charge is 0.161 e. The van der Waals surface area contributed by atoms with Gasteiger partial charge in [0.2, 0.25) is 0 Å².